The summed E-state index contributed by atoms with van der Waals surface area (Å²) in [4.78, 5) is 31.5. The van der Waals surface area contributed by atoms with Gasteiger partial charge in [0.05, 0.1) is 4.90 Å². The second-order valence-corrected chi connectivity index (χ2v) is 10.9. The van der Waals surface area contributed by atoms with Crippen LogP contribution in [0.4, 0.5) is 17.1 Å². The van der Waals surface area contributed by atoms with E-state index in [1.807, 2.05) is 48.2 Å². The molecule has 0 atom stereocenters. The molecule has 0 aromatic heterocycles. The number of hydrogen-bond acceptors (Lipinski definition) is 7. The van der Waals surface area contributed by atoms with Crippen LogP contribution in [0.1, 0.15) is 26.3 Å². The van der Waals surface area contributed by atoms with Crippen LogP contribution in [0.2, 0.25) is 0 Å². The van der Waals surface area contributed by atoms with Gasteiger partial charge in [-0.15, -0.1) is 0 Å². The van der Waals surface area contributed by atoms with Crippen molar-refractivity contribution in [1.29, 1.82) is 0 Å². The molecule has 0 spiro atoms. The monoisotopic (exact) mass is 521 g/mol. The number of carbonyl (C=O) groups is 2. The normalized spacial score (nSPS) is 13.8. The maximum Gasteiger partial charge on any atom is 0.264 e. The second kappa shape index (κ2) is 10.5. The third-order valence-corrected chi connectivity index (χ3v) is 7.78. The number of benzene rings is 3. The van der Waals surface area contributed by atoms with E-state index in [0.29, 0.717) is 43.0 Å². The fraction of sp³-hybridized carbons (Fsp3) is 0.259. The van der Waals surface area contributed by atoms with Gasteiger partial charge in [-0.3, -0.25) is 9.59 Å². The minimum Gasteiger partial charge on any atom is -0.399 e. The number of amides is 2. The first kappa shape index (κ1) is 26.0. The zero-order valence-electron chi connectivity index (χ0n) is 21.1. The fourth-order valence-electron chi connectivity index (χ4n) is 4.15. The number of sulfonamides is 1. The lowest BCUT2D eigenvalue weighted by Crippen LogP contribution is -2.48. The lowest BCUT2D eigenvalue weighted by Gasteiger charge is -2.36. The fourth-order valence-corrected chi connectivity index (χ4v) is 5.21. The van der Waals surface area contributed by atoms with Crippen molar-refractivity contribution in [2.45, 2.75) is 11.8 Å². The first-order chi connectivity index (χ1) is 17.5. The van der Waals surface area contributed by atoms with Gasteiger partial charge in [0.1, 0.15) is 0 Å². The molecule has 10 heteroatoms. The molecule has 194 valence electrons. The van der Waals surface area contributed by atoms with Crippen LogP contribution in [0.25, 0.3) is 0 Å². The number of nitrogens with two attached hydrogens (primary N) is 1. The van der Waals surface area contributed by atoms with Gasteiger partial charge in [-0.25, -0.2) is 13.1 Å². The molecule has 1 aliphatic heterocycles. The molecule has 2 amide bonds. The summed E-state index contributed by atoms with van der Waals surface area (Å²) in [6.07, 6.45) is 0. The largest absolute Gasteiger partial charge is 0.399 e. The summed E-state index contributed by atoms with van der Waals surface area (Å²) in [7, 11) is -0.145. The minimum atomic E-state index is -4.03. The summed E-state index contributed by atoms with van der Waals surface area (Å²) in [5.41, 5.74) is 9.62. The Hall–Kier alpha value is -4.05. The first-order valence-electron chi connectivity index (χ1n) is 11.9. The van der Waals surface area contributed by atoms with Crippen molar-refractivity contribution in [1.82, 2.24) is 9.62 Å². The Balaban J connectivity index is 1.36. The molecule has 3 N–H and O–H groups in total. The average molecular weight is 522 g/mol. The van der Waals surface area contributed by atoms with Crippen molar-refractivity contribution in [2.75, 3.05) is 55.8 Å². The topological polar surface area (TPSA) is 116 Å². The summed E-state index contributed by atoms with van der Waals surface area (Å²) < 4.78 is 27.3. The highest BCUT2D eigenvalue weighted by Crippen LogP contribution is 2.21. The Morgan fingerprint density at radius 3 is 2.19 bits per heavy atom. The van der Waals surface area contributed by atoms with Gasteiger partial charge in [0, 0.05) is 68.5 Å². The third-order valence-electron chi connectivity index (χ3n) is 6.45. The standard InChI is InChI=1S/C27H31N5O4S/c1-19-17-24(11-12-25(19)28)37(35,36)29-26(33)20-7-9-22(10-8-20)31-13-15-32(16-14-31)27(34)21-5-4-6-23(18-21)30(2)3/h4-12,17-18H,13-16,28H2,1-3H3,(H,29,33). The smallest absolute Gasteiger partial charge is 0.264 e. The molecule has 37 heavy (non-hydrogen) atoms. The lowest BCUT2D eigenvalue weighted by molar-refractivity contribution is 0.0746. The summed E-state index contributed by atoms with van der Waals surface area (Å²) in [5.74, 6) is -0.704. The third kappa shape index (κ3) is 5.86. The van der Waals surface area contributed by atoms with Crippen LogP contribution in [0.3, 0.4) is 0 Å². The van der Waals surface area contributed by atoms with Crippen LogP contribution in [-0.2, 0) is 10.0 Å². The Bertz CT molecular complexity index is 1410. The predicted molar refractivity (Wildman–Crippen MR) is 146 cm³/mol. The molecule has 0 unspecified atom stereocenters. The van der Waals surface area contributed by atoms with Crippen molar-refractivity contribution in [3.63, 3.8) is 0 Å². The van der Waals surface area contributed by atoms with E-state index >= 15 is 0 Å². The quantitative estimate of drug-likeness (QED) is 0.479. The second-order valence-electron chi connectivity index (χ2n) is 9.22. The molecule has 4 rings (SSSR count). The van der Waals surface area contributed by atoms with Gasteiger partial charge in [0.25, 0.3) is 21.8 Å². The highest BCUT2D eigenvalue weighted by atomic mass is 32.2. The van der Waals surface area contributed by atoms with Gasteiger partial charge < -0.3 is 20.4 Å². The number of nitrogen functional groups attached to an aromatic ring is 1. The van der Waals surface area contributed by atoms with Crippen molar-refractivity contribution in [3.8, 4) is 0 Å². The van der Waals surface area contributed by atoms with Crippen LogP contribution >= 0.6 is 0 Å². The van der Waals surface area contributed by atoms with Gasteiger partial charge in [-0.1, -0.05) is 6.07 Å². The molecule has 0 radical (unpaired) electrons. The average Bonchev–Trinajstić information content (AvgIpc) is 2.89. The van der Waals surface area contributed by atoms with E-state index in [1.54, 1.807) is 31.2 Å². The molecule has 9 nitrogen and oxygen atoms in total. The molecular weight excluding hydrogens is 490 g/mol. The molecule has 1 fully saturated rings. The van der Waals surface area contributed by atoms with Gasteiger partial charge in [-0.2, -0.15) is 0 Å². The Morgan fingerprint density at radius 2 is 1.57 bits per heavy atom. The van der Waals surface area contributed by atoms with E-state index in [2.05, 4.69) is 9.62 Å². The number of rotatable bonds is 6. The molecular formula is C27H31N5O4S. The molecule has 1 aliphatic rings. The Kier molecular flexibility index (Phi) is 7.40. The maximum atomic E-state index is 13.0. The van der Waals surface area contributed by atoms with Crippen LogP contribution in [0, 0.1) is 6.92 Å². The highest BCUT2D eigenvalue weighted by Gasteiger charge is 2.23. The molecule has 1 saturated heterocycles. The van der Waals surface area contributed by atoms with E-state index in [-0.39, 0.29) is 16.4 Å². The van der Waals surface area contributed by atoms with E-state index in [1.165, 1.54) is 18.2 Å². The molecule has 3 aromatic rings. The molecule has 0 bridgehead atoms. The number of piperazine rings is 1. The van der Waals surface area contributed by atoms with Crippen molar-refractivity contribution in [3.05, 3.63) is 83.4 Å². The van der Waals surface area contributed by atoms with E-state index < -0.39 is 15.9 Å². The summed E-state index contributed by atoms with van der Waals surface area (Å²) in [6, 6.07) is 18.6. The molecule has 0 aliphatic carbocycles. The van der Waals surface area contributed by atoms with Crippen LogP contribution < -0.4 is 20.3 Å². The molecule has 3 aromatic carbocycles. The zero-order chi connectivity index (χ0) is 26.7. The van der Waals surface area contributed by atoms with Crippen LogP contribution in [0.15, 0.2) is 71.6 Å². The summed E-state index contributed by atoms with van der Waals surface area (Å²) in [5, 5.41) is 0. The Labute approximate surface area is 217 Å². The predicted octanol–water partition coefficient (Wildman–Crippen LogP) is 2.72. The van der Waals surface area contributed by atoms with Gasteiger partial charge >= 0.3 is 0 Å². The SMILES string of the molecule is Cc1cc(S(=O)(=O)NC(=O)c2ccc(N3CCN(C(=O)c4cccc(N(C)C)c4)CC3)cc2)ccc1N. The maximum absolute atomic E-state index is 13.0. The number of hydrogen-bond donors (Lipinski definition) is 2. The summed E-state index contributed by atoms with van der Waals surface area (Å²) >= 11 is 0. The minimum absolute atomic E-state index is 0.00729. The van der Waals surface area contributed by atoms with Crippen LogP contribution in [-0.4, -0.2) is 65.4 Å². The highest BCUT2D eigenvalue weighted by molar-refractivity contribution is 7.90. The van der Waals surface area contributed by atoms with Gasteiger partial charge in [0.15, 0.2) is 0 Å². The number of nitrogens with one attached hydrogen (secondary N) is 1. The zero-order valence-corrected chi connectivity index (χ0v) is 22.0. The van der Waals surface area contributed by atoms with Crippen molar-refractivity contribution in [2.24, 2.45) is 0 Å². The van der Waals surface area contributed by atoms with E-state index in [9.17, 15) is 18.0 Å². The molecule has 0 saturated carbocycles. The first-order valence-corrected chi connectivity index (χ1v) is 13.4. The number of aryl methyl sites for hydroxylation is 1. The van der Waals surface area contributed by atoms with Crippen molar-refractivity contribution < 1.29 is 18.0 Å². The number of carbonyl (C=O) groups excluding carboxylic acids is 2. The lowest BCUT2D eigenvalue weighted by atomic mass is 10.1. The van der Waals surface area contributed by atoms with Gasteiger partial charge in [-0.05, 0) is 73.2 Å². The van der Waals surface area contributed by atoms with Gasteiger partial charge in [0.2, 0.25) is 0 Å². The van der Waals surface area contributed by atoms with E-state index in [4.69, 9.17) is 5.73 Å². The van der Waals surface area contributed by atoms with E-state index in [0.717, 1.165) is 11.4 Å². The van der Waals surface area contributed by atoms with Crippen molar-refractivity contribution >= 4 is 38.9 Å². The summed E-state index contributed by atoms with van der Waals surface area (Å²) in [6.45, 7) is 4.15. The Morgan fingerprint density at radius 1 is 0.892 bits per heavy atom. The molecule has 1 heterocycles. The van der Waals surface area contributed by atoms with Crippen LogP contribution in [0.5, 0.6) is 0 Å². The number of nitrogens with zero attached hydrogens (tertiary/aromatic N) is 3. The number of anilines is 3.